The van der Waals surface area contributed by atoms with Gasteiger partial charge in [0.1, 0.15) is 11.4 Å². The summed E-state index contributed by atoms with van der Waals surface area (Å²) in [6.45, 7) is 12.0. The second-order valence-corrected chi connectivity index (χ2v) is 9.07. The molecule has 0 amide bonds. The Balaban J connectivity index is 2.53. The zero-order valence-electron chi connectivity index (χ0n) is 18.0. The molecule has 0 saturated heterocycles. The highest BCUT2D eigenvalue weighted by molar-refractivity contribution is 5.98. The summed E-state index contributed by atoms with van der Waals surface area (Å²) in [7, 11) is 0. The van der Waals surface area contributed by atoms with E-state index >= 15 is 0 Å². The summed E-state index contributed by atoms with van der Waals surface area (Å²) in [6.07, 6.45) is 2.83. The lowest BCUT2D eigenvalue weighted by Gasteiger charge is -2.22. The van der Waals surface area contributed by atoms with Crippen molar-refractivity contribution >= 4 is 18.0 Å². The number of aliphatic carboxylic acids is 1. The normalized spacial score (nSPS) is 12.7. The molecule has 0 saturated carbocycles. The number of carbonyl (C=O) groups excluding carboxylic acids is 1. The Hall–Kier alpha value is -2.89. The lowest BCUT2D eigenvalue weighted by Crippen LogP contribution is -2.25. The molecule has 0 aliphatic carbocycles. The molecular weight excluding hydrogens is 368 g/mol. The van der Waals surface area contributed by atoms with Crippen LogP contribution in [0.4, 0.5) is 0 Å². The van der Waals surface area contributed by atoms with Gasteiger partial charge in [-0.1, -0.05) is 51.1 Å². The van der Waals surface area contributed by atoms with Gasteiger partial charge in [0.15, 0.2) is 0 Å². The summed E-state index contributed by atoms with van der Waals surface area (Å²) in [5.74, 6) is -0.872. The van der Waals surface area contributed by atoms with Crippen molar-refractivity contribution in [3.8, 4) is 0 Å². The highest BCUT2D eigenvalue weighted by Crippen LogP contribution is 2.25. The van der Waals surface area contributed by atoms with E-state index in [0.29, 0.717) is 12.2 Å². The molecule has 2 aromatic rings. The van der Waals surface area contributed by atoms with E-state index in [1.165, 1.54) is 0 Å². The molecule has 1 aromatic heterocycles. The SMILES string of the molecule is CC(C)(C)OC(=O)/C(=C\c1cnc(C(C)(C)C)n1Cc1ccccc1)CC(=O)O. The average molecular weight is 399 g/mol. The van der Waals surface area contributed by atoms with Gasteiger partial charge in [0.05, 0.1) is 23.9 Å². The Kier molecular flexibility index (Phi) is 6.67. The van der Waals surface area contributed by atoms with Gasteiger partial charge in [-0.25, -0.2) is 9.78 Å². The van der Waals surface area contributed by atoms with Gasteiger partial charge in [-0.15, -0.1) is 0 Å². The van der Waals surface area contributed by atoms with Gasteiger partial charge in [-0.3, -0.25) is 4.79 Å². The summed E-state index contributed by atoms with van der Waals surface area (Å²) in [5, 5.41) is 9.28. The fraction of sp³-hybridized carbons (Fsp3) is 0.435. The number of rotatable bonds is 6. The van der Waals surface area contributed by atoms with Crippen LogP contribution in [-0.2, 0) is 26.3 Å². The van der Waals surface area contributed by atoms with Crippen molar-refractivity contribution < 1.29 is 19.4 Å². The van der Waals surface area contributed by atoms with Crippen molar-refractivity contribution in [1.82, 2.24) is 9.55 Å². The van der Waals surface area contributed by atoms with Gasteiger partial charge in [-0.05, 0) is 32.4 Å². The van der Waals surface area contributed by atoms with Crippen LogP contribution >= 0.6 is 0 Å². The fourth-order valence-electron chi connectivity index (χ4n) is 2.90. The van der Waals surface area contributed by atoms with E-state index in [-0.39, 0.29) is 11.0 Å². The molecule has 0 bridgehead atoms. The molecule has 0 fully saturated rings. The number of carbonyl (C=O) groups is 2. The van der Waals surface area contributed by atoms with E-state index in [9.17, 15) is 14.7 Å². The van der Waals surface area contributed by atoms with Crippen LogP contribution in [0.5, 0.6) is 0 Å². The lowest BCUT2D eigenvalue weighted by molar-refractivity contribution is -0.151. The molecule has 29 heavy (non-hydrogen) atoms. The van der Waals surface area contributed by atoms with Gasteiger partial charge < -0.3 is 14.4 Å². The van der Waals surface area contributed by atoms with Crippen molar-refractivity contribution in [2.45, 2.75) is 65.5 Å². The van der Waals surface area contributed by atoms with Crippen LogP contribution in [0, 0.1) is 0 Å². The van der Waals surface area contributed by atoms with Crippen LogP contribution in [0.25, 0.3) is 6.08 Å². The van der Waals surface area contributed by atoms with E-state index in [1.54, 1.807) is 33.0 Å². The standard InChI is InChI=1S/C23H30N2O4/c1-22(2,3)21-24-14-18(25(21)15-16-10-8-7-9-11-16)12-17(13-19(26)27)20(28)29-23(4,5)6/h7-12,14H,13,15H2,1-6H3,(H,26,27)/b17-12-. The third-order valence-corrected chi connectivity index (χ3v) is 4.07. The second-order valence-electron chi connectivity index (χ2n) is 9.07. The minimum Gasteiger partial charge on any atom is -0.481 e. The Morgan fingerprint density at radius 1 is 1.10 bits per heavy atom. The fourth-order valence-corrected chi connectivity index (χ4v) is 2.90. The van der Waals surface area contributed by atoms with Crippen LogP contribution in [0.1, 0.15) is 65.0 Å². The summed E-state index contributed by atoms with van der Waals surface area (Å²) in [6, 6.07) is 9.93. The van der Waals surface area contributed by atoms with Gasteiger partial charge >= 0.3 is 11.9 Å². The van der Waals surface area contributed by atoms with Crippen LogP contribution < -0.4 is 0 Å². The van der Waals surface area contributed by atoms with Crippen molar-refractivity contribution in [3.63, 3.8) is 0 Å². The van der Waals surface area contributed by atoms with Crippen molar-refractivity contribution in [2.75, 3.05) is 0 Å². The van der Waals surface area contributed by atoms with E-state index in [2.05, 4.69) is 25.8 Å². The molecule has 0 atom stereocenters. The molecule has 0 radical (unpaired) electrons. The monoisotopic (exact) mass is 398 g/mol. The quantitative estimate of drug-likeness (QED) is 0.575. The highest BCUT2D eigenvalue weighted by atomic mass is 16.6. The zero-order chi connectivity index (χ0) is 21.8. The third kappa shape index (κ3) is 6.59. The van der Waals surface area contributed by atoms with Gasteiger partial charge in [-0.2, -0.15) is 0 Å². The lowest BCUT2D eigenvalue weighted by atomic mass is 9.95. The first-order valence-electron chi connectivity index (χ1n) is 9.62. The van der Waals surface area contributed by atoms with Crippen LogP contribution in [0.2, 0.25) is 0 Å². The van der Waals surface area contributed by atoms with E-state index in [4.69, 9.17) is 4.74 Å². The molecule has 1 aromatic carbocycles. The summed E-state index contributed by atoms with van der Waals surface area (Å²) in [4.78, 5) is 28.5. The zero-order valence-corrected chi connectivity index (χ0v) is 18.0. The minimum atomic E-state index is -1.09. The summed E-state index contributed by atoms with van der Waals surface area (Å²) < 4.78 is 7.42. The molecule has 0 aliphatic rings. The molecule has 156 valence electrons. The van der Waals surface area contributed by atoms with Gasteiger partial charge in [0.2, 0.25) is 0 Å². The number of esters is 1. The first-order valence-corrected chi connectivity index (χ1v) is 9.62. The number of carboxylic acid groups (broad SMARTS) is 1. The number of ether oxygens (including phenoxy) is 1. The predicted octanol–water partition coefficient (Wildman–Crippen LogP) is 4.43. The third-order valence-electron chi connectivity index (χ3n) is 4.07. The molecule has 6 nitrogen and oxygen atoms in total. The molecule has 2 rings (SSSR count). The van der Waals surface area contributed by atoms with E-state index in [0.717, 1.165) is 11.4 Å². The molecule has 1 heterocycles. The van der Waals surface area contributed by atoms with Crippen LogP contribution in [0.15, 0.2) is 42.1 Å². The second kappa shape index (κ2) is 8.64. The van der Waals surface area contributed by atoms with Crippen LogP contribution in [-0.4, -0.2) is 32.2 Å². The number of benzene rings is 1. The maximum absolute atomic E-state index is 12.6. The number of hydrogen-bond donors (Lipinski definition) is 1. The Morgan fingerprint density at radius 3 is 2.24 bits per heavy atom. The molecule has 0 unspecified atom stereocenters. The number of carboxylic acids is 1. The van der Waals surface area contributed by atoms with Crippen molar-refractivity contribution in [2.24, 2.45) is 0 Å². The predicted molar refractivity (Wildman–Crippen MR) is 113 cm³/mol. The number of aromatic nitrogens is 2. The minimum absolute atomic E-state index is 0.0853. The Morgan fingerprint density at radius 2 is 1.72 bits per heavy atom. The number of imidazole rings is 1. The topological polar surface area (TPSA) is 81.4 Å². The Labute approximate surface area is 172 Å². The van der Waals surface area contributed by atoms with Crippen LogP contribution in [0.3, 0.4) is 0 Å². The summed E-state index contributed by atoms with van der Waals surface area (Å²) >= 11 is 0. The molecule has 0 aliphatic heterocycles. The number of nitrogens with zero attached hydrogens (tertiary/aromatic N) is 2. The highest BCUT2D eigenvalue weighted by Gasteiger charge is 2.25. The smallest absolute Gasteiger partial charge is 0.335 e. The number of hydrogen-bond acceptors (Lipinski definition) is 4. The van der Waals surface area contributed by atoms with Gasteiger partial charge in [0.25, 0.3) is 0 Å². The van der Waals surface area contributed by atoms with Crippen molar-refractivity contribution in [3.05, 3.63) is 59.2 Å². The van der Waals surface area contributed by atoms with E-state index in [1.807, 2.05) is 34.9 Å². The average Bonchev–Trinajstić information content (AvgIpc) is 2.96. The maximum atomic E-state index is 12.6. The first-order chi connectivity index (χ1) is 13.4. The molecule has 0 spiro atoms. The molecular formula is C23H30N2O4. The van der Waals surface area contributed by atoms with Gasteiger partial charge in [0, 0.05) is 12.0 Å². The first kappa shape index (κ1) is 22.4. The largest absolute Gasteiger partial charge is 0.481 e. The van der Waals surface area contributed by atoms with Crippen molar-refractivity contribution in [1.29, 1.82) is 0 Å². The maximum Gasteiger partial charge on any atom is 0.335 e. The molecule has 1 N–H and O–H groups in total. The molecule has 6 heteroatoms. The van der Waals surface area contributed by atoms with E-state index < -0.39 is 24.0 Å². The Bertz CT molecular complexity index is 897. The summed E-state index contributed by atoms with van der Waals surface area (Å²) in [5.41, 5.74) is 0.903.